The Bertz CT molecular complexity index is 964. The lowest BCUT2D eigenvalue weighted by molar-refractivity contribution is -0.133. The van der Waals surface area contributed by atoms with Gasteiger partial charge in [-0.15, -0.1) is 0 Å². The lowest BCUT2D eigenvalue weighted by atomic mass is 10.1. The van der Waals surface area contributed by atoms with Gasteiger partial charge in [-0.1, -0.05) is 36.4 Å². The number of hydrogen-bond donors (Lipinski definition) is 0. The predicted octanol–water partition coefficient (Wildman–Crippen LogP) is 2.80. The third-order valence-electron chi connectivity index (χ3n) is 5.46. The van der Waals surface area contributed by atoms with Gasteiger partial charge in [0.2, 0.25) is 15.9 Å². The van der Waals surface area contributed by atoms with Crippen LogP contribution in [0.1, 0.15) is 23.6 Å². The molecule has 0 saturated carbocycles. The first-order valence-electron chi connectivity index (χ1n) is 10.3. The first-order chi connectivity index (χ1) is 14.1. The van der Waals surface area contributed by atoms with Crippen molar-refractivity contribution in [1.29, 1.82) is 0 Å². The third-order valence-corrected chi connectivity index (χ3v) is 6.70. The molecule has 1 aliphatic heterocycles. The molecular formula is C23H31N3O3S. The minimum atomic E-state index is -3.61. The molecular weight excluding hydrogens is 398 g/mol. The summed E-state index contributed by atoms with van der Waals surface area (Å²) in [4.78, 5) is 17.3. The average Bonchev–Trinajstić information content (AvgIpc) is 2.67. The molecule has 7 heteroatoms. The van der Waals surface area contributed by atoms with Gasteiger partial charge in [0, 0.05) is 32.7 Å². The van der Waals surface area contributed by atoms with E-state index in [1.807, 2.05) is 50.2 Å². The van der Waals surface area contributed by atoms with Crippen molar-refractivity contribution in [2.24, 2.45) is 0 Å². The van der Waals surface area contributed by atoms with Crippen LogP contribution in [0.5, 0.6) is 0 Å². The number of carbonyl (C=O) groups excluding carboxylic acids is 1. The van der Waals surface area contributed by atoms with Crippen molar-refractivity contribution >= 4 is 21.6 Å². The summed E-state index contributed by atoms with van der Waals surface area (Å²) in [5.74, 6) is -0.154. The van der Waals surface area contributed by atoms with Crippen molar-refractivity contribution < 1.29 is 13.2 Å². The van der Waals surface area contributed by atoms with Crippen LogP contribution in [-0.4, -0.2) is 62.6 Å². The van der Waals surface area contributed by atoms with E-state index in [-0.39, 0.29) is 5.91 Å². The summed E-state index contributed by atoms with van der Waals surface area (Å²) in [5.41, 5.74) is 3.72. The van der Waals surface area contributed by atoms with Gasteiger partial charge < -0.3 is 4.90 Å². The van der Waals surface area contributed by atoms with Crippen LogP contribution in [0.15, 0.2) is 48.5 Å². The minimum absolute atomic E-state index is 0.154. The van der Waals surface area contributed by atoms with Crippen molar-refractivity contribution in [2.45, 2.75) is 33.4 Å². The zero-order valence-electron chi connectivity index (χ0n) is 18.2. The number of rotatable bonds is 6. The fraction of sp³-hybridized carbons (Fsp3) is 0.435. The molecule has 0 radical (unpaired) electrons. The highest BCUT2D eigenvalue weighted by Gasteiger charge is 2.33. The van der Waals surface area contributed by atoms with E-state index in [0.717, 1.165) is 37.0 Å². The van der Waals surface area contributed by atoms with Gasteiger partial charge >= 0.3 is 0 Å². The molecule has 0 N–H and O–H groups in total. The highest BCUT2D eigenvalue weighted by molar-refractivity contribution is 7.92. The number of anilines is 1. The second-order valence-corrected chi connectivity index (χ2v) is 10.0. The van der Waals surface area contributed by atoms with E-state index in [0.29, 0.717) is 18.8 Å². The zero-order valence-corrected chi connectivity index (χ0v) is 19.0. The Kier molecular flexibility index (Phi) is 6.83. The molecule has 1 aliphatic rings. The van der Waals surface area contributed by atoms with Crippen molar-refractivity contribution in [1.82, 2.24) is 9.80 Å². The van der Waals surface area contributed by atoms with Gasteiger partial charge in [0.1, 0.15) is 6.04 Å². The van der Waals surface area contributed by atoms with Crippen LogP contribution >= 0.6 is 0 Å². The quantitative estimate of drug-likeness (QED) is 0.709. The summed E-state index contributed by atoms with van der Waals surface area (Å²) in [5, 5.41) is 0. The monoisotopic (exact) mass is 429 g/mol. The second kappa shape index (κ2) is 9.18. The van der Waals surface area contributed by atoms with Crippen LogP contribution in [0.4, 0.5) is 5.69 Å². The largest absolute Gasteiger partial charge is 0.338 e. The number of amides is 1. The Balaban J connectivity index is 1.70. The molecule has 1 fully saturated rings. The highest BCUT2D eigenvalue weighted by atomic mass is 32.2. The molecule has 1 atom stereocenters. The standard InChI is InChI=1S/C23H31N3O3S/c1-18-14-19(2)16-22(15-18)26(30(4,28)29)20(3)23(27)25-12-10-24(11-13-25)17-21-8-6-5-7-9-21/h5-9,14-16,20H,10-13,17H2,1-4H3/t20-/m0/s1. The molecule has 0 aliphatic carbocycles. The predicted molar refractivity (Wildman–Crippen MR) is 121 cm³/mol. The Morgan fingerprint density at radius 3 is 2.10 bits per heavy atom. The van der Waals surface area contributed by atoms with Gasteiger partial charge in [-0.25, -0.2) is 8.42 Å². The lowest BCUT2D eigenvalue weighted by Crippen LogP contribution is -2.55. The van der Waals surface area contributed by atoms with Crippen LogP contribution < -0.4 is 4.31 Å². The van der Waals surface area contributed by atoms with Gasteiger partial charge in [0.15, 0.2) is 0 Å². The minimum Gasteiger partial charge on any atom is -0.338 e. The summed E-state index contributed by atoms with van der Waals surface area (Å²) < 4.78 is 26.4. The van der Waals surface area contributed by atoms with E-state index < -0.39 is 16.1 Å². The number of aryl methyl sites for hydroxylation is 2. The van der Waals surface area contributed by atoms with Gasteiger partial charge in [-0.2, -0.15) is 0 Å². The van der Waals surface area contributed by atoms with Crippen molar-refractivity contribution in [3.05, 3.63) is 65.2 Å². The van der Waals surface area contributed by atoms with E-state index in [1.54, 1.807) is 11.8 Å². The van der Waals surface area contributed by atoms with Crippen LogP contribution in [0.25, 0.3) is 0 Å². The third kappa shape index (κ3) is 5.40. The van der Waals surface area contributed by atoms with Crippen LogP contribution in [0.2, 0.25) is 0 Å². The number of benzene rings is 2. The van der Waals surface area contributed by atoms with Crippen molar-refractivity contribution in [3.8, 4) is 0 Å². The highest BCUT2D eigenvalue weighted by Crippen LogP contribution is 2.25. The van der Waals surface area contributed by atoms with Gasteiger partial charge in [-0.3, -0.25) is 14.0 Å². The van der Waals surface area contributed by atoms with E-state index in [1.165, 1.54) is 9.87 Å². The number of nitrogens with zero attached hydrogens (tertiary/aromatic N) is 3. The Morgan fingerprint density at radius 2 is 1.57 bits per heavy atom. The topological polar surface area (TPSA) is 60.9 Å². The maximum Gasteiger partial charge on any atom is 0.246 e. The number of hydrogen-bond acceptors (Lipinski definition) is 4. The first kappa shape index (κ1) is 22.3. The smallest absolute Gasteiger partial charge is 0.246 e. The molecule has 0 spiro atoms. The molecule has 30 heavy (non-hydrogen) atoms. The fourth-order valence-corrected chi connectivity index (χ4v) is 5.27. The Morgan fingerprint density at radius 1 is 1.00 bits per heavy atom. The molecule has 1 amide bonds. The summed E-state index contributed by atoms with van der Waals surface area (Å²) in [7, 11) is -3.61. The van der Waals surface area contributed by atoms with Crippen LogP contribution in [0, 0.1) is 13.8 Å². The molecule has 1 saturated heterocycles. The van der Waals surface area contributed by atoms with Crippen LogP contribution in [-0.2, 0) is 21.4 Å². The molecule has 162 valence electrons. The first-order valence-corrected chi connectivity index (χ1v) is 12.1. The molecule has 1 heterocycles. The summed E-state index contributed by atoms with van der Waals surface area (Å²) in [6.45, 7) is 9.13. The second-order valence-electron chi connectivity index (χ2n) is 8.17. The molecule has 2 aromatic carbocycles. The normalized spacial score (nSPS) is 16.3. The maximum atomic E-state index is 13.2. The molecule has 3 rings (SSSR count). The van der Waals surface area contributed by atoms with Crippen LogP contribution in [0.3, 0.4) is 0 Å². The zero-order chi connectivity index (χ0) is 21.9. The molecule has 6 nitrogen and oxygen atoms in total. The number of sulfonamides is 1. The molecule has 2 aromatic rings. The number of carbonyl (C=O) groups is 1. The van der Waals surface area contributed by atoms with Crippen molar-refractivity contribution in [2.75, 3.05) is 36.7 Å². The maximum absolute atomic E-state index is 13.2. The summed E-state index contributed by atoms with van der Waals surface area (Å²) >= 11 is 0. The van der Waals surface area contributed by atoms with Gasteiger partial charge in [0.05, 0.1) is 11.9 Å². The molecule has 0 bridgehead atoms. The van der Waals surface area contributed by atoms with E-state index >= 15 is 0 Å². The Hall–Kier alpha value is -2.38. The van der Waals surface area contributed by atoms with Crippen molar-refractivity contribution in [3.63, 3.8) is 0 Å². The van der Waals surface area contributed by atoms with E-state index in [9.17, 15) is 13.2 Å². The number of piperazine rings is 1. The van der Waals surface area contributed by atoms with Gasteiger partial charge in [-0.05, 0) is 49.6 Å². The molecule has 0 aromatic heterocycles. The SMILES string of the molecule is Cc1cc(C)cc(N([C@@H](C)C(=O)N2CCN(Cc3ccccc3)CC2)S(C)(=O)=O)c1. The average molecular weight is 430 g/mol. The Labute approximate surface area is 180 Å². The lowest BCUT2D eigenvalue weighted by Gasteiger charge is -2.38. The van der Waals surface area contributed by atoms with E-state index in [2.05, 4.69) is 17.0 Å². The van der Waals surface area contributed by atoms with Gasteiger partial charge in [0.25, 0.3) is 0 Å². The summed E-state index contributed by atoms with van der Waals surface area (Å²) in [6, 6.07) is 15.1. The summed E-state index contributed by atoms with van der Waals surface area (Å²) in [6.07, 6.45) is 1.16. The van der Waals surface area contributed by atoms with E-state index in [4.69, 9.17) is 0 Å². The fourth-order valence-electron chi connectivity index (χ4n) is 4.11. The molecule has 0 unspecified atom stereocenters.